The molecule has 1 fully saturated rings. The van der Waals surface area contributed by atoms with E-state index in [2.05, 4.69) is 0 Å². The number of hydrogen-bond donors (Lipinski definition) is 1. The molecule has 1 saturated heterocycles. The van der Waals surface area contributed by atoms with Gasteiger partial charge in [0.1, 0.15) is 30.3 Å². The number of rotatable bonds is 3. The van der Waals surface area contributed by atoms with E-state index < -0.39 is 47.9 Å². The molecule has 0 aliphatic carbocycles. The molecule has 1 N–H and O–H groups in total. The summed E-state index contributed by atoms with van der Waals surface area (Å²) in [5, 5.41) is 10.7. The molecule has 183 valence electrons. The minimum absolute atomic E-state index is 0.318. The van der Waals surface area contributed by atoms with Crippen LogP contribution in [0.5, 0.6) is 0 Å². The maximum Gasteiger partial charge on any atom is 0.339 e. The van der Waals surface area contributed by atoms with Gasteiger partial charge in [-0.05, 0) is 70.5 Å². The van der Waals surface area contributed by atoms with Gasteiger partial charge in [-0.2, -0.15) is 0 Å². The van der Waals surface area contributed by atoms with E-state index in [1.54, 1.807) is 70.8 Å². The molecule has 1 aromatic carbocycles. The second kappa shape index (κ2) is 10.4. The average Bonchev–Trinajstić information content (AvgIpc) is 3.06. The summed E-state index contributed by atoms with van der Waals surface area (Å²) in [5.41, 5.74) is 2.40. The van der Waals surface area contributed by atoms with Crippen molar-refractivity contribution in [3.05, 3.63) is 46.8 Å². The maximum absolute atomic E-state index is 14.9. The minimum Gasteiger partial charge on any atom is -0.458 e. The lowest BCUT2D eigenvalue weighted by Gasteiger charge is -2.24. The quantitative estimate of drug-likeness (QED) is 0.409. The topological polar surface area (TPSA) is 85.3 Å². The third-order valence-electron chi connectivity index (χ3n) is 6.18. The van der Waals surface area contributed by atoms with Gasteiger partial charge in [-0.1, -0.05) is 19.1 Å². The lowest BCUT2D eigenvalue weighted by atomic mass is 9.92. The fraction of sp³-hybridized carbons (Fsp3) is 0.520. The number of aliphatic hydroxyl groups is 1. The monoisotopic (exact) mass is 472 g/mol. The molecule has 9 heteroatoms. The average molecular weight is 472 g/mol. The Hall–Kier alpha value is -2.49. The Bertz CT molecular complexity index is 994. The first-order valence-electron chi connectivity index (χ1n) is 11.4. The first-order valence-corrected chi connectivity index (χ1v) is 11.4. The molecule has 0 unspecified atom stereocenters. The van der Waals surface area contributed by atoms with Crippen molar-refractivity contribution in [2.45, 2.75) is 71.2 Å². The van der Waals surface area contributed by atoms with Crippen molar-refractivity contribution in [1.29, 1.82) is 0 Å². The summed E-state index contributed by atoms with van der Waals surface area (Å²) in [7, 11) is 3.12. The summed E-state index contributed by atoms with van der Waals surface area (Å²) in [4.78, 5) is 25.7. The zero-order valence-electron chi connectivity index (χ0n) is 20.4. The molecule has 34 heavy (non-hydrogen) atoms. The third-order valence-corrected chi connectivity index (χ3v) is 6.18. The fourth-order valence-electron chi connectivity index (χ4n) is 4.21. The summed E-state index contributed by atoms with van der Waals surface area (Å²) in [5.74, 6) is -2.76. The van der Waals surface area contributed by atoms with E-state index in [1.807, 2.05) is 0 Å². The van der Waals surface area contributed by atoms with Crippen LogP contribution < -0.4 is 4.81 Å². The van der Waals surface area contributed by atoms with Crippen molar-refractivity contribution in [3.8, 4) is 0 Å². The Kier molecular flexibility index (Phi) is 8.00. The predicted molar refractivity (Wildman–Crippen MR) is 129 cm³/mol. The van der Waals surface area contributed by atoms with E-state index in [1.165, 1.54) is 13.5 Å². The third kappa shape index (κ3) is 5.77. The number of anilines is 1. The molecule has 7 nitrogen and oxygen atoms in total. The highest BCUT2D eigenvalue weighted by Gasteiger charge is 2.45. The van der Waals surface area contributed by atoms with E-state index in [9.17, 15) is 19.1 Å². The molecule has 0 aromatic heterocycles. The van der Waals surface area contributed by atoms with Crippen LogP contribution in [0.4, 0.5) is 10.1 Å². The number of carbonyl (C=O) groups is 2. The zero-order valence-corrected chi connectivity index (χ0v) is 20.4. The van der Waals surface area contributed by atoms with Crippen LogP contribution in [-0.2, 0) is 19.0 Å². The Morgan fingerprint density at radius 3 is 2.65 bits per heavy atom. The first kappa shape index (κ1) is 26.1. The largest absolute Gasteiger partial charge is 0.458 e. The van der Waals surface area contributed by atoms with Crippen LogP contribution in [0.25, 0.3) is 6.08 Å². The number of halogens is 1. The van der Waals surface area contributed by atoms with E-state index in [4.69, 9.17) is 14.2 Å². The molecule has 1 aromatic rings. The summed E-state index contributed by atoms with van der Waals surface area (Å²) < 4.78 is 32.4. The van der Waals surface area contributed by atoms with Gasteiger partial charge in [0.05, 0.1) is 11.7 Å². The van der Waals surface area contributed by atoms with Crippen LogP contribution in [0.15, 0.2) is 30.1 Å². The molecular weight excluding hydrogens is 440 g/mol. The highest BCUT2D eigenvalue weighted by molar-refractivity contribution is 6.70. The molecule has 0 spiro atoms. The zero-order chi connectivity index (χ0) is 25.2. The lowest BCUT2D eigenvalue weighted by Crippen LogP contribution is -2.36. The van der Waals surface area contributed by atoms with Crippen molar-refractivity contribution in [3.63, 3.8) is 0 Å². The van der Waals surface area contributed by atoms with Crippen molar-refractivity contribution >= 4 is 31.3 Å². The Morgan fingerprint density at radius 2 is 1.97 bits per heavy atom. The van der Waals surface area contributed by atoms with Crippen LogP contribution in [0.1, 0.15) is 55.6 Å². The number of benzene rings is 1. The van der Waals surface area contributed by atoms with Crippen molar-refractivity contribution in [2.75, 3.05) is 11.9 Å². The Balaban J connectivity index is 2.08. The van der Waals surface area contributed by atoms with E-state index in [0.29, 0.717) is 29.3 Å². The standard InChI is InChI=1S/C25H32BFNO6/c1-14-11-19(27)22(30)23-20(33-25(4,5)34-23)9-7-8-17-12-18(28(6)26-13-29)10-15(2)21(17)24(31)32-16(14)3/h7-8,10-14,16,20,22-23,30H,9H2,1-6H3/b8-7+,19-11+/t14-,16+,20+,22-,23+/m1/s1. The predicted octanol–water partition coefficient (Wildman–Crippen LogP) is 3.57. The lowest BCUT2D eigenvalue weighted by molar-refractivity contribution is -0.153. The van der Waals surface area contributed by atoms with Gasteiger partial charge in [-0.25, -0.2) is 9.18 Å². The van der Waals surface area contributed by atoms with Crippen LogP contribution in [0.2, 0.25) is 0 Å². The number of ether oxygens (including phenoxy) is 3. The number of cyclic esters (lactones) is 1. The second-order valence-corrected chi connectivity index (χ2v) is 9.37. The number of hydrogen-bond acceptors (Lipinski definition) is 7. The smallest absolute Gasteiger partial charge is 0.339 e. The van der Waals surface area contributed by atoms with Gasteiger partial charge in [-0.15, -0.1) is 0 Å². The molecule has 3 rings (SSSR count). The SMILES string of the molecule is Cc1cc(N(C)[B]C=O)cc2c1C(=O)O[C@@H](C)[C@H](C)/C=C(/F)[C@@H](O)[C@H]1OC(C)(C)O[C@H]1C/C=C/2. The number of aliphatic hydroxyl groups excluding tert-OH is 1. The van der Waals surface area contributed by atoms with Crippen molar-refractivity contribution in [1.82, 2.24) is 0 Å². The van der Waals surface area contributed by atoms with Gasteiger partial charge < -0.3 is 28.9 Å². The number of carbonyl (C=O) groups excluding carboxylic acids is 2. The van der Waals surface area contributed by atoms with E-state index in [-0.39, 0.29) is 0 Å². The highest BCUT2D eigenvalue weighted by atomic mass is 19.1. The number of fused-ring (bicyclic) bond motifs is 2. The number of nitrogens with zero attached hydrogens (tertiary/aromatic N) is 1. The first-order chi connectivity index (χ1) is 15.9. The van der Waals surface area contributed by atoms with E-state index in [0.717, 1.165) is 5.69 Å². The number of aryl methyl sites for hydroxylation is 1. The molecule has 0 saturated carbocycles. The fourth-order valence-corrected chi connectivity index (χ4v) is 4.21. The van der Waals surface area contributed by atoms with Crippen molar-refractivity contribution in [2.24, 2.45) is 5.92 Å². The summed E-state index contributed by atoms with van der Waals surface area (Å²) >= 11 is 0. The Labute approximate surface area is 200 Å². The van der Waals surface area contributed by atoms with Gasteiger partial charge in [0.15, 0.2) is 5.79 Å². The van der Waals surface area contributed by atoms with Gasteiger partial charge in [0.25, 0.3) is 0 Å². The summed E-state index contributed by atoms with van der Waals surface area (Å²) in [6.45, 7) is 8.62. The van der Waals surface area contributed by atoms with Crippen LogP contribution in [0, 0.1) is 12.8 Å². The summed E-state index contributed by atoms with van der Waals surface area (Å²) in [6, 6.07) is 3.59. The van der Waals surface area contributed by atoms with Crippen molar-refractivity contribution < 1.29 is 33.3 Å². The van der Waals surface area contributed by atoms with Crippen LogP contribution in [-0.4, -0.2) is 61.9 Å². The molecule has 2 aliphatic rings. The van der Waals surface area contributed by atoms with Crippen LogP contribution >= 0.6 is 0 Å². The minimum atomic E-state index is -1.51. The molecule has 5 atom stereocenters. The van der Waals surface area contributed by atoms with Gasteiger partial charge in [0, 0.05) is 11.6 Å². The molecule has 0 amide bonds. The molecular formula is C25H32BFNO6. The van der Waals surface area contributed by atoms with Gasteiger partial charge >= 0.3 is 13.4 Å². The Morgan fingerprint density at radius 1 is 1.26 bits per heavy atom. The maximum atomic E-state index is 14.9. The van der Waals surface area contributed by atoms with Gasteiger partial charge in [0.2, 0.25) is 0 Å². The highest BCUT2D eigenvalue weighted by Crippen LogP contribution is 2.35. The molecule has 1 radical (unpaired) electrons. The summed E-state index contributed by atoms with van der Waals surface area (Å²) in [6.07, 6.45) is 2.18. The molecule has 0 bridgehead atoms. The number of esters is 1. The van der Waals surface area contributed by atoms with E-state index >= 15 is 0 Å². The normalized spacial score (nSPS) is 31.7. The molecule has 2 aliphatic heterocycles. The molecule has 2 heterocycles. The van der Waals surface area contributed by atoms with Gasteiger partial charge in [-0.3, -0.25) is 0 Å². The van der Waals surface area contributed by atoms with Crippen LogP contribution in [0.3, 0.4) is 0 Å². The second-order valence-electron chi connectivity index (χ2n) is 9.37.